The number of fused-ring (bicyclic) bond motifs is 1. The Hall–Kier alpha value is -2.75. The lowest BCUT2D eigenvalue weighted by atomic mass is 9.89. The SMILES string of the molecule is COc1ccc2c(c1)[C@H](NC(=O)/C=C/c1ccc(C)cc1)CC(C)(C)O2. The van der Waals surface area contributed by atoms with Crippen molar-refractivity contribution in [2.75, 3.05) is 7.11 Å². The number of hydrogen-bond acceptors (Lipinski definition) is 3. The monoisotopic (exact) mass is 351 g/mol. The molecule has 2 aromatic carbocycles. The van der Waals surface area contributed by atoms with Gasteiger partial charge in [-0.2, -0.15) is 0 Å². The van der Waals surface area contributed by atoms with E-state index < -0.39 is 0 Å². The molecule has 0 aromatic heterocycles. The molecule has 0 fully saturated rings. The molecule has 1 amide bonds. The fourth-order valence-electron chi connectivity index (χ4n) is 3.16. The van der Waals surface area contributed by atoms with Crippen LogP contribution < -0.4 is 14.8 Å². The molecule has 136 valence electrons. The standard InChI is InChI=1S/C22H25NO3/c1-15-5-7-16(8-6-15)9-12-21(24)23-19-14-22(2,3)26-20-11-10-17(25-4)13-18(19)20/h5-13,19H,14H2,1-4H3,(H,23,24)/b12-9+/t19-/m1/s1. The minimum absolute atomic E-state index is 0.123. The van der Waals surface area contributed by atoms with Gasteiger partial charge >= 0.3 is 0 Å². The van der Waals surface area contributed by atoms with E-state index >= 15 is 0 Å². The van der Waals surface area contributed by atoms with Crippen LogP contribution in [0.25, 0.3) is 6.08 Å². The lowest BCUT2D eigenvalue weighted by molar-refractivity contribution is -0.117. The first-order valence-electron chi connectivity index (χ1n) is 8.78. The molecule has 0 spiro atoms. The molecule has 3 rings (SSSR count). The number of carbonyl (C=O) groups is 1. The van der Waals surface area contributed by atoms with Gasteiger partial charge in [-0.15, -0.1) is 0 Å². The van der Waals surface area contributed by atoms with E-state index in [0.717, 1.165) is 22.6 Å². The predicted octanol–water partition coefficient (Wildman–Crippen LogP) is 4.44. The Morgan fingerprint density at radius 3 is 2.65 bits per heavy atom. The third-order valence-electron chi connectivity index (χ3n) is 4.50. The summed E-state index contributed by atoms with van der Waals surface area (Å²) in [5.41, 5.74) is 2.79. The minimum atomic E-state index is -0.347. The highest BCUT2D eigenvalue weighted by Crippen LogP contribution is 2.41. The van der Waals surface area contributed by atoms with E-state index in [1.54, 1.807) is 13.2 Å². The Morgan fingerprint density at radius 1 is 1.23 bits per heavy atom. The molecule has 1 atom stereocenters. The molecule has 4 nitrogen and oxygen atoms in total. The Labute approximate surface area is 154 Å². The second-order valence-electron chi connectivity index (χ2n) is 7.27. The largest absolute Gasteiger partial charge is 0.497 e. The van der Waals surface area contributed by atoms with Gasteiger partial charge in [0.25, 0.3) is 0 Å². The predicted molar refractivity (Wildman–Crippen MR) is 103 cm³/mol. The molecule has 0 aliphatic carbocycles. The second kappa shape index (κ2) is 7.24. The van der Waals surface area contributed by atoms with Gasteiger partial charge in [0.15, 0.2) is 0 Å². The second-order valence-corrected chi connectivity index (χ2v) is 7.27. The van der Waals surface area contributed by atoms with Crippen molar-refractivity contribution in [3.05, 3.63) is 65.2 Å². The molecule has 1 aliphatic heterocycles. The Bertz CT molecular complexity index is 822. The highest BCUT2D eigenvalue weighted by molar-refractivity contribution is 5.92. The summed E-state index contributed by atoms with van der Waals surface area (Å²) in [4.78, 5) is 12.5. The quantitative estimate of drug-likeness (QED) is 0.829. The highest BCUT2D eigenvalue weighted by atomic mass is 16.5. The van der Waals surface area contributed by atoms with Gasteiger partial charge in [-0.1, -0.05) is 29.8 Å². The van der Waals surface area contributed by atoms with Crippen LogP contribution in [-0.2, 0) is 4.79 Å². The topological polar surface area (TPSA) is 47.6 Å². The van der Waals surface area contributed by atoms with Crippen LogP contribution in [0.1, 0.15) is 43.0 Å². The maximum Gasteiger partial charge on any atom is 0.244 e. The first-order chi connectivity index (χ1) is 12.4. The molecular formula is C22H25NO3. The van der Waals surface area contributed by atoms with Crippen molar-refractivity contribution >= 4 is 12.0 Å². The Balaban J connectivity index is 1.78. The maximum atomic E-state index is 12.5. The van der Waals surface area contributed by atoms with Gasteiger partial charge in [0, 0.05) is 18.1 Å². The molecule has 1 N–H and O–H groups in total. The molecule has 4 heteroatoms. The van der Waals surface area contributed by atoms with Gasteiger partial charge in [0.05, 0.1) is 13.2 Å². The van der Waals surface area contributed by atoms with Gasteiger partial charge in [-0.25, -0.2) is 0 Å². The summed E-state index contributed by atoms with van der Waals surface area (Å²) >= 11 is 0. The molecule has 0 saturated carbocycles. The number of carbonyl (C=O) groups excluding carboxylic acids is 1. The number of amides is 1. The highest BCUT2D eigenvalue weighted by Gasteiger charge is 2.34. The lowest BCUT2D eigenvalue weighted by Crippen LogP contribution is -2.40. The Kier molecular flexibility index (Phi) is 5.03. The van der Waals surface area contributed by atoms with Crippen LogP contribution in [-0.4, -0.2) is 18.6 Å². The van der Waals surface area contributed by atoms with Gasteiger partial charge in [-0.05, 0) is 50.6 Å². The van der Waals surface area contributed by atoms with Gasteiger partial charge in [0.1, 0.15) is 17.1 Å². The molecule has 0 unspecified atom stereocenters. The number of nitrogens with one attached hydrogen (secondary N) is 1. The normalized spacial score (nSPS) is 18.1. The summed E-state index contributed by atoms with van der Waals surface area (Å²) in [7, 11) is 1.63. The summed E-state index contributed by atoms with van der Waals surface area (Å²) in [5.74, 6) is 1.42. The molecule has 0 radical (unpaired) electrons. The van der Waals surface area contributed by atoms with E-state index in [4.69, 9.17) is 9.47 Å². The molecular weight excluding hydrogens is 326 g/mol. The number of aryl methyl sites for hydroxylation is 1. The van der Waals surface area contributed by atoms with Crippen molar-refractivity contribution in [3.8, 4) is 11.5 Å². The van der Waals surface area contributed by atoms with Crippen molar-refractivity contribution in [2.24, 2.45) is 0 Å². The minimum Gasteiger partial charge on any atom is -0.497 e. The molecule has 0 saturated heterocycles. The van der Waals surface area contributed by atoms with Crippen molar-refractivity contribution in [2.45, 2.75) is 38.8 Å². The molecule has 26 heavy (non-hydrogen) atoms. The van der Waals surface area contributed by atoms with Crippen LogP contribution in [0.3, 0.4) is 0 Å². The zero-order chi connectivity index (χ0) is 18.7. The zero-order valence-electron chi connectivity index (χ0n) is 15.7. The molecule has 1 heterocycles. The van der Waals surface area contributed by atoms with Gasteiger partial charge in [-0.3, -0.25) is 4.79 Å². The number of methoxy groups -OCH3 is 1. The smallest absolute Gasteiger partial charge is 0.244 e. The van der Waals surface area contributed by atoms with Crippen LogP contribution in [0.5, 0.6) is 11.5 Å². The number of hydrogen-bond donors (Lipinski definition) is 1. The van der Waals surface area contributed by atoms with Crippen LogP contribution in [0, 0.1) is 6.92 Å². The average molecular weight is 351 g/mol. The van der Waals surface area contributed by atoms with Gasteiger partial charge in [0.2, 0.25) is 5.91 Å². The summed E-state index contributed by atoms with van der Waals surface area (Å²) in [6, 6.07) is 13.6. The average Bonchev–Trinajstić information content (AvgIpc) is 2.60. The van der Waals surface area contributed by atoms with E-state index in [1.165, 1.54) is 5.56 Å². The maximum absolute atomic E-state index is 12.5. The zero-order valence-corrected chi connectivity index (χ0v) is 15.7. The fourth-order valence-corrected chi connectivity index (χ4v) is 3.16. The first kappa shape index (κ1) is 18.1. The van der Waals surface area contributed by atoms with E-state index in [0.29, 0.717) is 6.42 Å². The van der Waals surface area contributed by atoms with Crippen molar-refractivity contribution in [1.82, 2.24) is 5.32 Å². The van der Waals surface area contributed by atoms with Crippen LogP contribution in [0.4, 0.5) is 0 Å². The van der Waals surface area contributed by atoms with E-state index in [1.807, 2.05) is 69.3 Å². The molecule has 1 aliphatic rings. The van der Waals surface area contributed by atoms with E-state index in [-0.39, 0.29) is 17.6 Å². The van der Waals surface area contributed by atoms with Crippen LogP contribution in [0.15, 0.2) is 48.5 Å². The fraction of sp³-hybridized carbons (Fsp3) is 0.318. The molecule has 0 bridgehead atoms. The summed E-state index contributed by atoms with van der Waals surface area (Å²) < 4.78 is 11.4. The van der Waals surface area contributed by atoms with Crippen LogP contribution >= 0.6 is 0 Å². The summed E-state index contributed by atoms with van der Waals surface area (Å²) in [5, 5.41) is 3.10. The molecule has 2 aromatic rings. The summed E-state index contributed by atoms with van der Waals surface area (Å²) in [6.45, 7) is 6.10. The van der Waals surface area contributed by atoms with E-state index in [9.17, 15) is 4.79 Å². The third kappa shape index (κ3) is 4.26. The van der Waals surface area contributed by atoms with Crippen molar-refractivity contribution in [3.63, 3.8) is 0 Å². The summed E-state index contributed by atoms with van der Waals surface area (Å²) in [6.07, 6.45) is 4.09. The number of ether oxygens (including phenoxy) is 2. The lowest BCUT2D eigenvalue weighted by Gasteiger charge is -2.37. The third-order valence-corrected chi connectivity index (χ3v) is 4.50. The van der Waals surface area contributed by atoms with Gasteiger partial charge < -0.3 is 14.8 Å². The number of rotatable bonds is 4. The van der Waals surface area contributed by atoms with E-state index in [2.05, 4.69) is 5.32 Å². The van der Waals surface area contributed by atoms with Crippen LogP contribution in [0.2, 0.25) is 0 Å². The Morgan fingerprint density at radius 2 is 1.96 bits per heavy atom. The first-order valence-corrected chi connectivity index (χ1v) is 8.78. The van der Waals surface area contributed by atoms with Crippen molar-refractivity contribution < 1.29 is 14.3 Å². The number of benzene rings is 2. The van der Waals surface area contributed by atoms with Crippen molar-refractivity contribution in [1.29, 1.82) is 0 Å².